The molecule has 2 atom stereocenters. The molecule has 1 aromatic rings. The number of thiol groups is 1. The van der Waals surface area contributed by atoms with Crippen LogP contribution in [0.1, 0.15) is 11.1 Å². The summed E-state index contributed by atoms with van der Waals surface area (Å²) in [5.74, 6) is 0. The SMILES string of the molecule is NC1Cc2ccccc2CC1S. The maximum atomic E-state index is 5.92. The zero-order valence-corrected chi connectivity index (χ0v) is 7.80. The summed E-state index contributed by atoms with van der Waals surface area (Å²) < 4.78 is 0. The van der Waals surface area contributed by atoms with E-state index in [4.69, 9.17) is 5.73 Å². The minimum atomic E-state index is 0.225. The molecule has 2 unspecified atom stereocenters. The molecule has 0 aromatic heterocycles. The average Bonchev–Trinajstić information content (AvgIpc) is 2.07. The zero-order valence-electron chi connectivity index (χ0n) is 6.90. The Balaban J connectivity index is 2.34. The van der Waals surface area contributed by atoms with E-state index in [-0.39, 0.29) is 6.04 Å². The van der Waals surface area contributed by atoms with Gasteiger partial charge in [-0.25, -0.2) is 0 Å². The van der Waals surface area contributed by atoms with Crippen LogP contribution in [0.2, 0.25) is 0 Å². The van der Waals surface area contributed by atoms with E-state index in [2.05, 4.69) is 36.9 Å². The topological polar surface area (TPSA) is 26.0 Å². The summed E-state index contributed by atoms with van der Waals surface area (Å²) in [6, 6.07) is 8.71. The number of hydrogen-bond acceptors (Lipinski definition) is 2. The predicted molar refractivity (Wildman–Crippen MR) is 54.6 cm³/mol. The molecular formula is C10H13NS. The zero-order chi connectivity index (χ0) is 8.55. The van der Waals surface area contributed by atoms with E-state index in [0.29, 0.717) is 5.25 Å². The van der Waals surface area contributed by atoms with Crippen molar-refractivity contribution in [3.8, 4) is 0 Å². The summed E-state index contributed by atoms with van der Waals surface area (Å²) in [5.41, 5.74) is 8.73. The van der Waals surface area contributed by atoms with Gasteiger partial charge in [-0.05, 0) is 24.0 Å². The van der Waals surface area contributed by atoms with E-state index in [1.54, 1.807) is 0 Å². The fourth-order valence-electron chi connectivity index (χ4n) is 1.72. The molecule has 1 aromatic carbocycles. The van der Waals surface area contributed by atoms with Crippen LogP contribution in [-0.4, -0.2) is 11.3 Å². The van der Waals surface area contributed by atoms with E-state index >= 15 is 0 Å². The average molecular weight is 179 g/mol. The van der Waals surface area contributed by atoms with Crippen molar-refractivity contribution in [2.24, 2.45) is 5.73 Å². The van der Waals surface area contributed by atoms with Crippen LogP contribution in [0.25, 0.3) is 0 Å². The van der Waals surface area contributed by atoms with E-state index in [0.717, 1.165) is 12.8 Å². The minimum Gasteiger partial charge on any atom is -0.326 e. The van der Waals surface area contributed by atoms with Gasteiger partial charge < -0.3 is 5.73 Å². The van der Waals surface area contributed by atoms with Gasteiger partial charge in [0.05, 0.1) is 0 Å². The first kappa shape index (κ1) is 8.14. The largest absolute Gasteiger partial charge is 0.326 e. The van der Waals surface area contributed by atoms with Crippen molar-refractivity contribution >= 4 is 12.6 Å². The molecule has 0 amide bonds. The predicted octanol–water partition coefficient (Wildman–Crippen LogP) is 1.41. The lowest BCUT2D eigenvalue weighted by molar-refractivity contribution is 0.594. The summed E-state index contributed by atoms with van der Waals surface area (Å²) in [6.45, 7) is 0. The van der Waals surface area contributed by atoms with E-state index < -0.39 is 0 Å². The maximum Gasteiger partial charge on any atom is 0.0212 e. The first-order valence-corrected chi connectivity index (χ1v) is 4.79. The maximum absolute atomic E-state index is 5.92. The Morgan fingerprint density at radius 3 is 2.42 bits per heavy atom. The first-order valence-electron chi connectivity index (χ1n) is 4.28. The van der Waals surface area contributed by atoms with Gasteiger partial charge in [-0.2, -0.15) is 12.6 Å². The van der Waals surface area contributed by atoms with Gasteiger partial charge in [0.15, 0.2) is 0 Å². The third-order valence-corrected chi connectivity index (χ3v) is 3.06. The smallest absolute Gasteiger partial charge is 0.0212 e. The van der Waals surface area contributed by atoms with Crippen molar-refractivity contribution in [2.75, 3.05) is 0 Å². The van der Waals surface area contributed by atoms with Crippen LogP contribution >= 0.6 is 12.6 Å². The summed E-state index contributed by atoms with van der Waals surface area (Å²) in [6.07, 6.45) is 1.99. The Labute approximate surface area is 78.4 Å². The summed E-state index contributed by atoms with van der Waals surface area (Å²) >= 11 is 4.46. The standard InChI is InChI=1S/C10H13NS/c11-9-5-7-3-1-2-4-8(7)6-10(9)12/h1-4,9-10,12H,5-6,11H2. The molecule has 12 heavy (non-hydrogen) atoms. The third kappa shape index (κ3) is 1.37. The van der Waals surface area contributed by atoms with Crippen LogP contribution in [0.3, 0.4) is 0 Å². The van der Waals surface area contributed by atoms with Crippen molar-refractivity contribution in [1.82, 2.24) is 0 Å². The normalized spacial score (nSPS) is 28.2. The van der Waals surface area contributed by atoms with Gasteiger partial charge in [-0.3, -0.25) is 0 Å². The van der Waals surface area contributed by atoms with Crippen LogP contribution < -0.4 is 5.73 Å². The molecule has 2 rings (SSSR count). The van der Waals surface area contributed by atoms with Crippen LogP contribution in [0.4, 0.5) is 0 Å². The molecule has 64 valence electrons. The van der Waals surface area contributed by atoms with Crippen molar-refractivity contribution in [2.45, 2.75) is 24.1 Å². The lowest BCUT2D eigenvalue weighted by Gasteiger charge is -2.26. The van der Waals surface area contributed by atoms with E-state index in [9.17, 15) is 0 Å². The monoisotopic (exact) mass is 179 g/mol. The van der Waals surface area contributed by atoms with E-state index in [1.165, 1.54) is 11.1 Å². The first-order chi connectivity index (χ1) is 5.77. The van der Waals surface area contributed by atoms with Gasteiger partial charge in [-0.15, -0.1) is 0 Å². The number of benzene rings is 1. The molecule has 1 nitrogen and oxygen atoms in total. The van der Waals surface area contributed by atoms with Crippen molar-refractivity contribution in [3.05, 3.63) is 35.4 Å². The summed E-state index contributed by atoms with van der Waals surface area (Å²) in [5, 5.41) is 0.333. The Kier molecular flexibility index (Phi) is 2.11. The fourth-order valence-corrected chi connectivity index (χ4v) is 2.02. The molecule has 0 saturated heterocycles. The molecule has 0 spiro atoms. The van der Waals surface area contributed by atoms with Crippen LogP contribution in [0.5, 0.6) is 0 Å². The number of hydrogen-bond donors (Lipinski definition) is 2. The summed E-state index contributed by atoms with van der Waals surface area (Å²) in [4.78, 5) is 0. The van der Waals surface area contributed by atoms with Gasteiger partial charge in [0.25, 0.3) is 0 Å². The molecule has 0 fully saturated rings. The molecule has 0 radical (unpaired) electrons. The molecule has 0 heterocycles. The van der Waals surface area contributed by atoms with Crippen LogP contribution in [0, 0.1) is 0 Å². The second kappa shape index (κ2) is 3.11. The number of nitrogens with two attached hydrogens (primary N) is 1. The molecule has 2 N–H and O–H groups in total. The van der Waals surface area contributed by atoms with Crippen LogP contribution in [0.15, 0.2) is 24.3 Å². The van der Waals surface area contributed by atoms with Gasteiger partial charge in [0.1, 0.15) is 0 Å². The third-order valence-electron chi connectivity index (χ3n) is 2.50. The Bertz CT molecular complexity index is 256. The Morgan fingerprint density at radius 1 is 1.17 bits per heavy atom. The van der Waals surface area contributed by atoms with Gasteiger partial charge in [-0.1, -0.05) is 24.3 Å². The van der Waals surface area contributed by atoms with Crippen molar-refractivity contribution in [1.29, 1.82) is 0 Å². The molecule has 0 bridgehead atoms. The second-order valence-electron chi connectivity index (χ2n) is 3.41. The number of fused-ring (bicyclic) bond motifs is 1. The molecule has 0 aliphatic heterocycles. The fraction of sp³-hybridized carbons (Fsp3) is 0.400. The van der Waals surface area contributed by atoms with Crippen molar-refractivity contribution < 1.29 is 0 Å². The molecule has 0 saturated carbocycles. The quantitative estimate of drug-likeness (QED) is 0.579. The van der Waals surface area contributed by atoms with Gasteiger partial charge >= 0.3 is 0 Å². The van der Waals surface area contributed by atoms with E-state index in [1.807, 2.05) is 0 Å². The minimum absolute atomic E-state index is 0.225. The molecule has 2 heteroatoms. The Morgan fingerprint density at radius 2 is 1.75 bits per heavy atom. The van der Waals surface area contributed by atoms with Gasteiger partial charge in [0, 0.05) is 11.3 Å². The highest BCUT2D eigenvalue weighted by Crippen LogP contribution is 2.23. The number of rotatable bonds is 0. The van der Waals surface area contributed by atoms with Gasteiger partial charge in [0.2, 0.25) is 0 Å². The van der Waals surface area contributed by atoms with Crippen LogP contribution in [-0.2, 0) is 12.8 Å². The van der Waals surface area contributed by atoms with Crippen molar-refractivity contribution in [3.63, 3.8) is 0 Å². The highest BCUT2D eigenvalue weighted by atomic mass is 32.1. The lowest BCUT2D eigenvalue weighted by atomic mass is 9.88. The molecule has 1 aliphatic rings. The lowest BCUT2D eigenvalue weighted by Crippen LogP contribution is -2.38. The highest BCUT2D eigenvalue weighted by Gasteiger charge is 2.21. The molecular weight excluding hydrogens is 166 g/mol. The molecule has 1 aliphatic carbocycles. The summed E-state index contributed by atoms with van der Waals surface area (Å²) in [7, 11) is 0. The Hall–Kier alpha value is -0.470. The highest BCUT2D eigenvalue weighted by molar-refractivity contribution is 7.81. The second-order valence-corrected chi connectivity index (χ2v) is 4.07.